The van der Waals surface area contributed by atoms with Gasteiger partial charge in [-0.25, -0.2) is 4.21 Å². The summed E-state index contributed by atoms with van der Waals surface area (Å²) >= 11 is -1.94. The molecule has 1 aromatic carbocycles. The van der Waals surface area contributed by atoms with Gasteiger partial charge >= 0.3 is 0 Å². The number of nitrogens with zero attached hydrogens (tertiary/aromatic N) is 1. The highest BCUT2D eigenvalue weighted by Crippen LogP contribution is 2.32. The minimum atomic E-state index is -1.94. The summed E-state index contributed by atoms with van der Waals surface area (Å²) in [7, 11) is 0. The molecule has 1 aliphatic carbocycles. The van der Waals surface area contributed by atoms with Crippen LogP contribution in [0.4, 0.5) is 0 Å². The Kier molecular flexibility index (Phi) is 2.92. The van der Waals surface area contributed by atoms with Gasteiger partial charge in [0.2, 0.25) is 0 Å². The predicted octanol–water partition coefficient (Wildman–Crippen LogP) is 3.00. The first-order valence-corrected chi connectivity index (χ1v) is 7.29. The first-order chi connectivity index (χ1) is 8.66. The molecule has 1 aliphatic rings. The van der Waals surface area contributed by atoms with Crippen LogP contribution in [-0.2, 0) is 23.9 Å². The van der Waals surface area contributed by atoms with E-state index in [-0.39, 0.29) is 0 Å². The first-order valence-electron chi connectivity index (χ1n) is 6.19. The lowest BCUT2D eigenvalue weighted by Crippen LogP contribution is -2.06. The minimum absolute atomic E-state index is 0.524. The fourth-order valence-electron chi connectivity index (χ4n) is 2.78. The maximum atomic E-state index is 11.5. The number of aryl methyl sites for hydroxylation is 3. The van der Waals surface area contributed by atoms with Gasteiger partial charge in [-0.2, -0.15) is 0 Å². The van der Waals surface area contributed by atoms with Crippen LogP contribution in [0.5, 0.6) is 0 Å². The molecule has 4 heteroatoms. The molecule has 1 N–H and O–H groups in total. The normalized spacial score (nSPS) is 16.6. The van der Waals surface area contributed by atoms with E-state index in [1.807, 2.05) is 25.3 Å². The Morgan fingerprint density at radius 1 is 1.22 bits per heavy atom. The van der Waals surface area contributed by atoms with E-state index in [1.165, 1.54) is 17.5 Å². The molecule has 0 saturated carbocycles. The number of hydrogen-bond donors (Lipinski definition) is 1. The summed E-state index contributed by atoms with van der Waals surface area (Å²) < 4.78 is 21.0. The number of hydrogen-bond acceptors (Lipinski definition) is 2. The predicted molar refractivity (Wildman–Crippen MR) is 72.2 cm³/mol. The standard InChI is InChI=1S/C14H15NO2S/c1-9-6-12-13(8-15-9)11-5-3-2-4-10(11)7-14(12)18(16)17/h6-8H,2-5H2,1H3,(H,16,17). The van der Waals surface area contributed by atoms with Gasteiger partial charge in [0.25, 0.3) is 0 Å². The lowest BCUT2D eigenvalue weighted by atomic mass is 9.88. The average molecular weight is 261 g/mol. The molecule has 1 unspecified atom stereocenters. The van der Waals surface area contributed by atoms with Gasteiger partial charge in [0.1, 0.15) is 0 Å². The van der Waals surface area contributed by atoms with Gasteiger partial charge in [0.05, 0.1) is 4.90 Å². The summed E-state index contributed by atoms with van der Waals surface area (Å²) in [6.07, 6.45) is 6.26. The second-order valence-corrected chi connectivity index (χ2v) is 5.78. The summed E-state index contributed by atoms with van der Waals surface area (Å²) in [5.74, 6) is 0. The summed E-state index contributed by atoms with van der Waals surface area (Å²) in [5.41, 5.74) is 3.42. The molecule has 0 aliphatic heterocycles. The highest BCUT2D eigenvalue weighted by molar-refractivity contribution is 7.79. The molecule has 0 spiro atoms. The Morgan fingerprint density at radius 2 is 2.00 bits per heavy atom. The average Bonchev–Trinajstić information content (AvgIpc) is 2.37. The highest BCUT2D eigenvalue weighted by Gasteiger charge is 2.17. The molecule has 94 valence electrons. The molecule has 0 radical (unpaired) electrons. The van der Waals surface area contributed by atoms with Crippen molar-refractivity contribution in [1.82, 2.24) is 4.98 Å². The molecule has 3 nitrogen and oxygen atoms in total. The Morgan fingerprint density at radius 3 is 2.78 bits per heavy atom. The van der Waals surface area contributed by atoms with E-state index in [4.69, 9.17) is 0 Å². The topological polar surface area (TPSA) is 50.2 Å². The van der Waals surface area contributed by atoms with E-state index >= 15 is 0 Å². The Hall–Kier alpha value is -1.26. The van der Waals surface area contributed by atoms with Gasteiger partial charge in [-0.15, -0.1) is 0 Å². The van der Waals surface area contributed by atoms with Gasteiger partial charge < -0.3 is 4.55 Å². The zero-order chi connectivity index (χ0) is 12.7. The Bertz CT molecular complexity index is 652. The molecule has 1 heterocycles. The lowest BCUT2D eigenvalue weighted by molar-refractivity contribution is 0.565. The van der Waals surface area contributed by atoms with Crippen molar-refractivity contribution in [1.29, 1.82) is 0 Å². The maximum absolute atomic E-state index is 11.5. The highest BCUT2D eigenvalue weighted by atomic mass is 32.2. The van der Waals surface area contributed by atoms with Crippen molar-refractivity contribution in [3.05, 3.63) is 35.2 Å². The zero-order valence-corrected chi connectivity index (χ0v) is 11.1. The van der Waals surface area contributed by atoms with Crippen LogP contribution in [0.25, 0.3) is 10.8 Å². The van der Waals surface area contributed by atoms with Crippen molar-refractivity contribution in [2.24, 2.45) is 0 Å². The largest absolute Gasteiger partial charge is 0.302 e. The number of pyridine rings is 1. The van der Waals surface area contributed by atoms with Crippen LogP contribution in [0.1, 0.15) is 29.7 Å². The van der Waals surface area contributed by atoms with E-state index in [0.29, 0.717) is 4.90 Å². The molecular weight excluding hydrogens is 246 g/mol. The fraction of sp³-hybridized carbons (Fsp3) is 0.357. The number of rotatable bonds is 1. The van der Waals surface area contributed by atoms with Gasteiger partial charge in [0, 0.05) is 22.7 Å². The molecule has 0 saturated heterocycles. The van der Waals surface area contributed by atoms with Crippen LogP contribution in [0.2, 0.25) is 0 Å². The fourth-order valence-corrected chi connectivity index (χ4v) is 3.38. The molecule has 2 aromatic rings. The van der Waals surface area contributed by atoms with E-state index in [2.05, 4.69) is 4.98 Å². The molecule has 18 heavy (non-hydrogen) atoms. The van der Waals surface area contributed by atoms with Crippen molar-refractivity contribution in [3.8, 4) is 0 Å². The van der Waals surface area contributed by atoms with Crippen LogP contribution in [0, 0.1) is 6.92 Å². The van der Waals surface area contributed by atoms with Gasteiger partial charge in [0.15, 0.2) is 11.1 Å². The second-order valence-electron chi connectivity index (χ2n) is 4.84. The molecule has 1 atom stereocenters. The third kappa shape index (κ3) is 1.85. The van der Waals surface area contributed by atoms with E-state index in [1.54, 1.807) is 0 Å². The number of benzene rings is 1. The maximum Gasteiger partial charge on any atom is 0.187 e. The van der Waals surface area contributed by atoms with Crippen molar-refractivity contribution in [2.45, 2.75) is 37.5 Å². The molecular formula is C14H15NO2S. The second kappa shape index (κ2) is 4.44. The monoisotopic (exact) mass is 261 g/mol. The van der Waals surface area contributed by atoms with Crippen molar-refractivity contribution >= 4 is 21.9 Å². The summed E-state index contributed by atoms with van der Waals surface area (Å²) in [6, 6.07) is 3.82. The van der Waals surface area contributed by atoms with E-state index < -0.39 is 11.1 Å². The smallest absolute Gasteiger partial charge is 0.187 e. The minimum Gasteiger partial charge on any atom is -0.302 e. The number of fused-ring (bicyclic) bond motifs is 3. The third-order valence-corrected chi connectivity index (χ3v) is 4.35. The first kappa shape index (κ1) is 11.8. The lowest BCUT2D eigenvalue weighted by Gasteiger charge is -2.19. The van der Waals surface area contributed by atoms with Crippen LogP contribution >= 0.6 is 0 Å². The Labute approximate surface area is 109 Å². The van der Waals surface area contributed by atoms with Crippen LogP contribution in [-0.4, -0.2) is 13.7 Å². The van der Waals surface area contributed by atoms with Crippen molar-refractivity contribution in [3.63, 3.8) is 0 Å². The van der Waals surface area contributed by atoms with Crippen LogP contribution in [0.15, 0.2) is 23.2 Å². The van der Waals surface area contributed by atoms with Gasteiger partial charge in [-0.05, 0) is 55.9 Å². The summed E-state index contributed by atoms with van der Waals surface area (Å²) in [6.45, 7) is 1.91. The molecule has 0 fully saturated rings. The van der Waals surface area contributed by atoms with Crippen LogP contribution in [0.3, 0.4) is 0 Å². The van der Waals surface area contributed by atoms with Gasteiger partial charge in [-0.3, -0.25) is 4.98 Å². The summed E-state index contributed by atoms with van der Waals surface area (Å²) in [4.78, 5) is 4.86. The van der Waals surface area contributed by atoms with Crippen molar-refractivity contribution < 1.29 is 8.76 Å². The van der Waals surface area contributed by atoms with E-state index in [9.17, 15) is 8.76 Å². The van der Waals surface area contributed by atoms with E-state index in [0.717, 1.165) is 35.7 Å². The Balaban J connectivity index is 2.40. The van der Waals surface area contributed by atoms with Crippen molar-refractivity contribution in [2.75, 3.05) is 0 Å². The SMILES string of the molecule is Cc1cc2c(S(=O)O)cc3c(c2cn1)CCCC3. The van der Waals surface area contributed by atoms with Crippen LogP contribution < -0.4 is 0 Å². The molecule has 0 amide bonds. The molecule has 1 aromatic heterocycles. The summed E-state index contributed by atoms with van der Waals surface area (Å²) in [5, 5.41) is 1.93. The number of aromatic nitrogens is 1. The zero-order valence-electron chi connectivity index (χ0n) is 10.3. The third-order valence-electron chi connectivity index (χ3n) is 3.64. The quantitative estimate of drug-likeness (QED) is 0.803. The van der Waals surface area contributed by atoms with Gasteiger partial charge in [-0.1, -0.05) is 0 Å². The molecule has 3 rings (SSSR count). The molecule has 0 bridgehead atoms.